The van der Waals surface area contributed by atoms with Crippen molar-refractivity contribution in [2.24, 2.45) is 0 Å². The van der Waals surface area contributed by atoms with E-state index in [0.717, 1.165) is 44.9 Å². The summed E-state index contributed by atoms with van der Waals surface area (Å²) < 4.78 is 34.3. The Morgan fingerprint density at radius 2 is 0.835 bits per heavy atom. The third-order valence-electron chi connectivity index (χ3n) is 15.7. The van der Waals surface area contributed by atoms with Crippen LogP contribution in [0, 0.1) is 0 Å². The van der Waals surface area contributed by atoms with Gasteiger partial charge in [0.1, 0.15) is 73.2 Å². The van der Waals surface area contributed by atoms with Crippen LogP contribution in [-0.4, -0.2) is 193 Å². The standard InChI is InChI=1S/C60H111NO18/c1-3-5-7-9-11-13-15-17-18-19-20-21-22-23-24-26-28-30-32-34-36-38-48(66)61-43(44(65)37-35-33-31-29-27-25-16-14-12-10-8-6-4-2)42-74-58-54(72)52(70)56(47(41-64)77-58)78-60-55(73)57(50(68)46(40-63)76-60)79-59-53(71)51(69)49(67)45(39-62)75-59/h17-18,35,37,43-47,49-60,62-65,67-73H,3-16,19-34,36,38-42H2,1-2H3,(H,61,66)/b18-17-,37-35+/t43-,44+,45?,46?,47?,49-,50-,51-,52+,53?,54?,55?,56+,57-,58+,59+,60-/m0/s1. The summed E-state index contributed by atoms with van der Waals surface area (Å²) in [6.45, 7) is 1.69. The van der Waals surface area contributed by atoms with E-state index in [9.17, 15) is 61.0 Å². The molecule has 0 bridgehead atoms. The van der Waals surface area contributed by atoms with Crippen molar-refractivity contribution in [2.75, 3.05) is 26.4 Å². The minimum absolute atomic E-state index is 0.241. The number of aliphatic hydroxyl groups excluding tert-OH is 11. The van der Waals surface area contributed by atoms with Crippen molar-refractivity contribution in [3.8, 4) is 0 Å². The number of hydrogen-bond acceptors (Lipinski definition) is 18. The Labute approximate surface area is 473 Å². The van der Waals surface area contributed by atoms with Crippen LogP contribution in [0.3, 0.4) is 0 Å². The maximum Gasteiger partial charge on any atom is 0.220 e. The van der Waals surface area contributed by atoms with Crippen LogP contribution in [-0.2, 0) is 33.2 Å². The Morgan fingerprint density at radius 1 is 0.443 bits per heavy atom. The topological polar surface area (TPSA) is 307 Å². The van der Waals surface area contributed by atoms with Gasteiger partial charge in [0.2, 0.25) is 5.91 Å². The molecule has 3 rings (SSSR count). The third kappa shape index (κ3) is 27.7. The van der Waals surface area contributed by atoms with Gasteiger partial charge in [-0.05, 0) is 44.9 Å². The molecule has 1 amide bonds. The maximum absolute atomic E-state index is 13.3. The predicted octanol–water partition coefficient (Wildman–Crippen LogP) is 5.93. The van der Waals surface area contributed by atoms with E-state index in [-0.39, 0.29) is 18.9 Å². The van der Waals surface area contributed by atoms with Gasteiger partial charge in [-0.25, -0.2) is 0 Å². The molecule has 12 N–H and O–H groups in total. The molecular weight excluding hydrogens is 1020 g/mol. The fourth-order valence-electron chi connectivity index (χ4n) is 10.6. The van der Waals surface area contributed by atoms with Crippen LogP contribution < -0.4 is 5.32 Å². The van der Waals surface area contributed by atoms with Gasteiger partial charge in [0.05, 0.1) is 38.6 Å². The molecule has 0 aromatic carbocycles. The van der Waals surface area contributed by atoms with Gasteiger partial charge < -0.3 is 89.9 Å². The molecule has 464 valence electrons. The highest BCUT2D eigenvalue weighted by molar-refractivity contribution is 5.76. The van der Waals surface area contributed by atoms with Crippen molar-refractivity contribution in [3.63, 3.8) is 0 Å². The van der Waals surface area contributed by atoms with Crippen molar-refractivity contribution in [3.05, 3.63) is 24.3 Å². The summed E-state index contributed by atoms with van der Waals surface area (Å²) >= 11 is 0. The lowest BCUT2D eigenvalue weighted by atomic mass is 9.96. The highest BCUT2D eigenvalue weighted by atomic mass is 16.8. The van der Waals surface area contributed by atoms with Gasteiger partial charge in [-0.3, -0.25) is 4.79 Å². The Kier molecular flexibility index (Phi) is 39.7. The minimum Gasteiger partial charge on any atom is -0.394 e. The molecule has 0 radical (unpaired) electrons. The fraction of sp³-hybridized carbons (Fsp3) is 0.917. The smallest absolute Gasteiger partial charge is 0.220 e. The van der Waals surface area contributed by atoms with Crippen LogP contribution in [0.15, 0.2) is 24.3 Å². The zero-order chi connectivity index (χ0) is 57.6. The summed E-state index contributed by atoms with van der Waals surface area (Å²) in [5.41, 5.74) is 0. The van der Waals surface area contributed by atoms with Crippen LogP contribution in [0.1, 0.15) is 219 Å². The van der Waals surface area contributed by atoms with Gasteiger partial charge in [-0.1, -0.05) is 192 Å². The molecule has 17 atom stereocenters. The molecule has 6 unspecified atom stereocenters. The van der Waals surface area contributed by atoms with Crippen LogP contribution in [0.5, 0.6) is 0 Å². The molecule has 3 aliphatic heterocycles. The summed E-state index contributed by atoms with van der Waals surface area (Å²) in [7, 11) is 0. The molecule has 79 heavy (non-hydrogen) atoms. The Bertz CT molecular complexity index is 1540. The average Bonchev–Trinajstić information content (AvgIpc) is 3.56. The van der Waals surface area contributed by atoms with E-state index in [0.29, 0.717) is 6.42 Å². The van der Waals surface area contributed by atoms with Gasteiger partial charge in [0, 0.05) is 6.42 Å². The van der Waals surface area contributed by atoms with Crippen molar-refractivity contribution >= 4 is 5.91 Å². The minimum atomic E-state index is -1.97. The monoisotopic (exact) mass is 1130 g/mol. The lowest BCUT2D eigenvalue weighted by Gasteiger charge is -2.48. The number of carbonyl (C=O) groups is 1. The Hall–Kier alpha value is -1.73. The second kappa shape index (κ2) is 43.8. The first-order valence-electron chi connectivity index (χ1n) is 31.1. The number of amides is 1. The summed E-state index contributed by atoms with van der Waals surface area (Å²) in [6.07, 6.45) is 18.4. The van der Waals surface area contributed by atoms with Crippen LogP contribution in [0.25, 0.3) is 0 Å². The van der Waals surface area contributed by atoms with Gasteiger partial charge in [-0.15, -0.1) is 0 Å². The quantitative estimate of drug-likeness (QED) is 0.0248. The van der Waals surface area contributed by atoms with E-state index in [1.807, 2.05) is 6.08 Å². The van der Waals surface area contributed by atoms with Crippen LogP contribution >= 0.6 is 0 Å². The maximum atomic E-state index is 13.3. The zero-order valence-corrected chi connectivity index (χ0v) is 48.4. The van der Waals surface area contributed by atoms with Crippen molar-refractivity contribution in [1.29, 1.82) is 0 Å². The lowest BCUT2D eigenvalue weighted by molar-refractivity contribution is -0.380. The first kappa shape index (κ1) is 71.5. The number of nitrogens with one attached hydrogen (secondary N) is 1. The van der Waals surface area contributed by atoms with Gasteiger partial charge in [-0.2, -0.15) is 0 Å². The molecule has 3 fully saturated rings. The molecule has 3 saturated heterocycles. The number of carbonyl (C=O) groups excluding carboxylic acids is 1. The van der Waals surface area contributed by atoms with Crippen molar-refractivity contribution in [1.82, 2.24) is 5.32 Å². The van der Waals surface area contributed by atoms with Gasteiger partial charge in [0.25, 0.3) is 0 Å². The normalized spacial score (nSPS) is 30.4. The zero-order valence-electron chi connectivity index (χ0n) is 48.4. The Morgan fingerprint density at radius 3 is 1.32 bits per heavy atom. The van der Waals surface area contributed by atoms with Crippen molar-refractivity contribution < 1.29 is 89.4 Å². The summed E-state index contributed by atoms with van der Waals surface area (Å²) in [5.74, 6) is -0.280. The van der Waals surface area contributed by atoms with E-state index < -0.39 is 124 Å². The predicted molar refractivity (Wildman–Crippen MR) is 300 cm³/mol. The molecule has 0 aromatic heterocycles. The lowest BCUT2D eigenvalue weighted by Crippen LogP contribution is -2.67. The first-order valence-corrected chi connectivity index (χ1v) is 31.1. The SMILES string of the molecule is CCCCCCCC/C=C\CCCCCCCCCCCCCC(=O)N[C@@H](CO[C@@H]1OC(CO)[C@@H](O[C@@H]2OC(CO)[C@H](O)[C@H](O[C@H]3OC(CO)[C@H](O)[C@H](O)C3O)C2O)[C@H](O)C1O)[C@H](O)/C=C/CCCCCCCCCCCCC. The number of unbranched alkanes of at least 4 members (excludes halogenated alkanes) is 28. The molecule has 19 nitrogen and oxygen atoms in total. The van der Waals surface area contributed by atoms with E-state index in [4.69, 9.17) is 28.4 Å². The summed E-state index contributed by atoms with van der Waals surface area (Å²) in [6, 6.07) is -0.977. The Balaban J connectivity index is 1.49. The molecule has 0 saturated carbocycles. The molecular formula is C60H111NO18. The largest absolute Gasteiger partial charge is 0.394 e. The fourth-order valence-corrected chi connectivity index (χ4v) is 10.6. The second-order valence-electron chi connectivity index (χ2n) is 22.5. The van der Waals surface area contributed by atoms with E-state index in [1.165, 1.54) is 148 Å². The highest BCUT2D eigenvalue weighted by Gasteiger charge is 2.54. The summed E-state index contributed by atoms with van der Waals surface area (Å²) in [5, 5.41) is 120. The van der Waals surface area contributed by atoms with E-state index in [2.05, 4.69) is 31.3 Å². The van der Waals surface area contributed by atoms with Crippen LogP contribution in [0.2, 0.25) is 0 Å². The molecule has 3 aliphatic rings. The van der Waals surface area contributed by atoms with E-state index in [1.54, 1.807) is 6.08 Å². The van der Waals surface area contributed by atoms with Gasteiger partial charge >= 0.3 is 0 Å². The van der Waals surface area contributed by atoms with E-state index >= 15 is 0 Å². The molecule has 19 heteroatoms. The second-order valence-corrected chi connectivity index (χ2v) is 22.5. The van der Waals surface area contributed by atoms with Crippen LogP contribution in [0.4, 0.5) is 0 Å². The molecule has 0 aliphatic carbocycles. The van der Waals surface area contributed by atoms with Gasteiger partial charge in [0.15, 0.2) is 18.9 Å². The summed E-state index contributed by atoms with van der Waals surface area (Å²) in [4.78, 5) is 13.3. The highest BCUT2D eigenvalue weighted by Crippen LogP contribution is 2.33. The average molecular weight is 1130 g/mol. The molecule has 3 heterocycles. The molecule has 0 aromatic rings. The van der Waals surface area contributed by atoms with Crippen molar-refractivity contribution in [2.45, 2.75) is 324 Å². The number of rotatable bonds is 46. The first-order chi connectivity index (χ1) is 38.3. The number of ether oxygens (including phenoxy) is 6. The number of aliphatic hydroxyl groups is 11. The third-order valence-corrected chi connectivity index (χ3v) is 15.7. The number of allylic oxidation sites excluding steroid dienone is 3. The number of hydrogen-bond donors (Lipinski definition) is 12. The molecule has 0 spiro atoms.